The van der Waals surface area contributed by atoms with E-state index in [9.17, 15) is 0 Å². The zero-order valence-corrected chi connectivity index (χ0v) is 29.8. The Balaban J connectivity index is 1.23. The lowest BCUT2D eigenvalue weighted by atomic mass is 9.77. The van der Waals surface area contributed by atoms with Gasteiger partial charge in [-0.15, -0.1) is 15.0 Å². The van der Waals surface area contributed by atoms with Gasteiger partial charge in [0.2, 0.25) is 5.82 Å². The van der Waals surface area contributed by atoms with E-state index in [2.05, 4.69) is 134 Å². The van der Waals surface area contributed by atoms with Crippen LogP contribution in [0, 0.1) is 13.8 Å². The zero-order chi connectivity index (χ0) is 36.0. The van der Waals surface area contributed by atoms with Gasteiger partial charge in [0.25, 0.3) is 0 Å². The Labute approximate surface area is 310 Å². The molecule has 258 valence electrons. The van der Waals surface area contributed by atoms with Crippen molar-refractivity contribution in [2.24, 2.45) is 0 Å². The Morgan fingerprint density at radius 3 is 1.70 bits per heavy atom. The number of aryl methyl sites for hydroxylation is 2. The van der Waals surface area contributed by atoms with Crippen LogP contribution in [0.4, 0.5) is 0 Å². The van der Waals surface area contributed by atoms with Crippen LogP contribution in [-0.2, 0) is 18.6 Å². The first-order valence-corrected chi connectivity index (χ1v) is 17.9. The van der Waals surface area contributed by atoms with Crippen molar-refractivity contribution < 1.29 is 4.74 Å². The molecule has 0 aliphatic rings. The second kappa shape index (κ2) is 14.9. The van der Waals surface area contributed by atoms with Gasteiger partial charge in [-0.2, -0.15) is 0 Å². The van der Waals surface area contributed by atoms with Crippen molar-refractivity contribution in [2.75, 3.05) is 0 Å². The minimum absolute atomic E-state index is 0.364. The molecule has 0 spiro atoms. The van der Waals surface area contributed by atoms with Gasteiger partial charge < -0.3 is 4.74 Å². The Hall–Kier alpha value is -6.66. The molecule has 0 radical (unpaired) electrons. The summed E-state index contributed by atoms with van der Waals surface area (Å²) in [4.78, 5) is 6.54. The van der Waals surface area contributed by atoms with Crippen LogP contribution in [0.1, 0.15) is 44.8 Å². The number of rotatable bonds is 11. The minimum atomic E-state index is -0.880. The number of hydrogen-bond acceptors (Lipinski definition) is 5. The summed E-state index contributed by atoms with van der Waals surface area (Å²) in [5, 5.41) is 14.9. The lowest BCUT2D eigenvalue weighted by Crippen LogP contribution is -2.39. The molecule has 0 saturated carbocycles. The average Bonchev–Trinajstić information content (AvgIpc) is 3.71. The molecule has 0 bridgehead atoms. The fourth-order valence-electron chi connectivity index (χ4n) is 7.21. The molecular formula is C47H39N5O. The largest absolute Gasteiger partial charge is 0.488 e. The fraction of sp³-hybridized carbons (Fsp3) is 0.106. The third-order valence-electron chi connectivity index (χ3n) is 9.73. The van der Waals surface area contributed by atoms with Gasteiger partial charge in [-0.25, -0.2) is 0 Å². The van der Waals surface area contributed by atoms with Crippen LogP contribution in [0.15, 0.2) is 176 Å². The normalized spacial score (nSPS) is 11.4. The lowest BCUT2D eigenvalue weighted by Gasteiger charge is -2.34. The molecule has 6 heteroatoms. The molecule has 0 N–H and O–H groups in total. The quantitative estimate of drug-likeness (QED) is 0.127. The molecule has 0 aliphatic carbocycles. The van der Waals surface area contributed by atoms with E-state index in [4.69, 9.17) is 25.1 Å². The number of nitrogens with zero attached hydrogens (tertiary/aromatic N) is 5. The molecule has 2 heterocycles. The molecule has 6 nitrogen and oxygen atoms in total. The lowest BCUT2D eigenvalue weighted by molar-refractivity contribution is 0.302. The van der Waals surface area contributed by atoms with E-state index >= 15 is 0 Å². The summed E-state index contributed by atoms with van der Waals surface area (Å²) in [6.45, 7) is 4.43. The Morgan fingerprint density at radius 1 is 0.566 bits per heavy atom. The highest BCUT2D eigenvalue weighted by Crippen LogP contribution is 2.40. The monoisotopic (exact) mass is 689 g/mol. The van der Waals surface area contributed by atoms with Gasteiger partial charge in [0.05, 0.1) is 0 Å². The van der Waals surface area contributed by atoms with E-state index in [1.807, 2.05) is 55.5 Å². The Morgan fingerprint density at radius 2 is 1.11 bits per heavy atom. The molecule has 6 aromatic carbocycles. The molecular weight excluding hydrogens is 651 g/mol. The second-order valence-electron chi connectivity index (χ2n) is 13.2. The molecule has 0 aliphatic heterocycles. The van der Waals surface area contributed by atoms with Crippen molar-refractivity contribution in [3.8, 4) is 28.3 Å². The van der Waals surface area contributed by atoms with Crippen molar-refractivity contribution in [1.29, 1.82) is 0 Å². The van der Waals surface area contributed by atoms with E-state index < -0.39 is 5.54 Å². The van der Waals surface area contributed by atoms with Gasteiger partial charge in [0, 0.05) is 35.0 Å². The molecule has 8 aromatic rings. The van der Waals surface area contributed by atoms with Crippen molar-refractivity contribution >= 4 is 0 Å². The summed E-state index contributed by atoms with van der Waals surface area (Å²) in [7, 11) is 0. The second-order valence-corrected chi connectivity index (χ2v) is 13.2. The van der Waals surface area contributed by atoms with Gasteiger partial charge >= 0.3 is 0 Å². The third kappa shape index (κ3) is 6.75. The smallest absolute Gasteiger partial charge is 0.205 e. The number of ether oxygens (including phenoxy) is 1. The molecule has 0 fully saturated rings. The van der Waals surface area contributed by atoms with Gasteiger partial charge in [0.15, 0.2) is 5.54 Å². The number of benzene rings is 6. The van der Waals surface area contributed by atoms with E-state index in [1.165, 1.54) is 5.56 Å². The molecule has 0 unspecified atom stereocenters. The third-order valence-corrected chi connectivity index (χ3v) is 9.73. The molecule has 2 aromatic heterocycles. The molecule has 0 saturated heterocycles. The predicted octanol–water partition coefficient (Wildman–Crippen LogP) is 10.0. The topological polar surface area (TPSA) is 65.7 Å². The first-order chi connectivity index (χ1) is 26.1. The van der Waals surface area contributed by atoms with Gasteiger partial charge in [-0.3, -0.25) is 4.98 Å². The highest BCUT2D eigenvalue weighted by molar-refractivity contribution is 5.81. The van der Waals surface area contributed by atoms with Crippen molar-refractivity contribution in [2.45, 2.75) is 32.4 Å². The van der Waals surface area contributed by atoms with Crippen molar-refractivity contribution in [1.82, 2.24) is 25.2 Å². The van der Waals surface area contributed by atoms with Crippen LogP contribution in [0.5, 0.6) is 5.75 Å². The summed E-state index contributed by atoms with van der Waals surface area (Å²) in [6.07, 6.45) is 0.743. The van der Waals surface area contributed by atoms with E-state index in [1.54, 1.807) is 4.80 Å². The molecule has 53 heavy (non-hydrogen) atoms. The maximum atomic E-state index is 6.62. The highest BCUT2D eigenvalue weighted by Gasteiger charge is 2.41. The average molecular weight is 690 g/mol. The van der Waals surface area contributed by atoms with Crippen LogP contribution in [0.3, 0.4) is 0 Å². The van der Waals surface area contributed by atoms with Crippen LogP contribution >= 0.6 is 0 Å². The molecule has 8 rings (SSSR count). The van der Waals surface area contributed by atoms with Crippen LogP contribution in [0.2, 0.25) is 0 Å². The Bertz CT molecular complexity index is 2330. The number of pyridine rings is 1. The van der Waals surface area contributed by atoms with Crippen LogP contribution in [0.25, 0.3) is 22.5 Å². The highest BCUT2D eigenvalue weighted by atomic mass is 16.5. The number of tetrazole rings is 1. The van der Waals surface area contributed by atoms with E-state index in [0.717, 1.165) is 68.1 Å². The summed E-state index contributed by atoms with van der Waals surface area (Å²) in [5.74, 6) is 1.37. The van der Waals surface area contributed by atoms with Crippen molar-refractivity contribution in [3.63, 3.8) is 0 Å². The van der Waals surface area contributed by atoms with Crippen molar-refractivity contribution in [3.05, 3.63) is 221 Å². The molecule has 0 atom stereocenters. The number of hydrogen-bond donors (Lipinski definition) is 0. The van der Waals surface area contributed by atoms with Crippen LogP contribution < -0.4 is 4.74 Å². The fourth-order valence-corrected chi connectivity index (χ4v) is 7.21. The SMILES string of the molecule is Cc1cc(OCc2ccc(-c3ccccc3)c(-c3nnn(C(c4ccccc4)(c4ccccc4)c4ccccc4)n3)c2)c(Cc2ccccc2)c(C)n1. The summed E-state index contributed by atoms with van der Waals surface area (Å²) < 4.78 is 6.62. The first kappa shape index (κ1) is 33.5. The van der Waals surface area contributed by atoms with E-state index in [-0.39, 0.29) is 0 Å². The molecule has 0 amide bonds. The van der Waals surface area contributed by atoms with Gasteiger partial charge in [-0.1, -0.05) is 164 Å². The number of aromatic nitrogens is 5. The summed E-state index contributed by atoms with van der Waals surface area (Å²) in [6, 6.07) is 60.4. The van der Waals surface area contributed by atoms with Gasteiger partial charge in [-0.05, 0) is 64.1 Å². The van der Waals surface area contributed by atoms with Gasteiger partial charge in [0.1, 0.15) is 12.4 Å². The summed E-state index contributed by atoms with van der Waals surface area (Å²) in [5.41, 5.74) is 10.4. The summed E-state index contributed by atoms with van der Waals surface area (Å²) >= 11 is 0. The predicted molar refractivity (Wildman–Crippen MR) is 211 cm³/mol. The van der Waals surface area contributed by atoms with E-state index in [0.29, 0.717) is 12.4 Å². The standard InChI is InChI=1S/C47H39N5O/c1-34-30-45(43(35(2)48-34)31-36-18-8-3-9-19-36)53-33-37-28-29-42(38-20-10-4-11-21-38)44(32-37)46-49-51-52(50-46)47(39-22-12-5-13-23-39,40-24-14-6-15-25-40)41-26-16-7-17-27-41/h3-30,32H,31,33H2,1-2H3. The zero-order valence-electron chi connectivity index (χ0n) is 29.8. The first-order valence-electron chi connectivity index (χ1n) is 17.9. The van der Waals surface area contributed by atoms with Crippen LogP contribution in [-0.4, -0.2) is 25.2 Å². The Kier molecular flexibility index (Phi) is 9.41. The maximum absolute atomic E-state index is 6.62. The maximum Gasteiger partial charge on any atom is 0.205 e. The minimum Gasteiger partial charge on any atom is -0.488 e.